The number of nitrogens with zero attached hydrogens (tertiary/aromatic N) is 7. The van der Waals surface area contributed by atoms with Crippen LogP contribution in [0.3, 0.4) is 0 Å². The van der Waals surface area contributed by atoms with E-state index in [1.165, 1.54) is 4.90 Å². The van der Waals surface area contributed by atoms with Crippen molar-refractivity contribution in [2.24, 2.45) is 0 Å². The monoisotopic (exact) mass is 470 g/mol. The molecule has 0 bridgehead atoms. The maximum absolute atomic E-state index is 11.1. The average molecular weight is 471 g/mol. The topological polar surface area (TPSA) is 112 Å². The molecule has 1 aromatic carbocycles. The Bertz CT molecular complexity index is 1300. The van der Waals surface area contributed by atoms with Gasteiger partial charge in [-0.2, -0.15) is 5.10 Å². The fourth-order valence-electron chi connectivity index (χ4n) is 4.10. The first-order valence-electron chi connectivity index (χ1n) is 11.5. The highest BCUT2D eigenvalue weighted by atomic mass is 16.4. The number of hydrogen-bond acceptors (Lipinski definition) is 7. The van der Waals surface area contributed by atoms with Crippen molar-refractivity contribution < 1.29 is 9.90 Å². The van der Waals surface area contributed by atoms with E-state index in [0.29, 0.717) is 32.1 Å². The van der Waals surface area contributed by atoms with E-state index in [0.717, 1.165) is 40.4 Å². The maximum atomic E-state index is 11.1. The van der Waals surface area contributed by atoms with Gasteiger partial charge in [0.1, 0.15) is 5.69 Å². The predicted octanol–water partition coefficient (Wildman–Crippen LogP) is 3.97. The molecule has 1 aliphatic heterocycles. The van der Waals surface area contributed by atoms with Crippen LogP contribution in [0.15, 0.2) is 67.3 Å². The number of rotatable bonds is 6. The predicted molar refractivity (Wildman–Crippen MR) is 134 cm³/mol. The van der Waals surface area contributed by atoms with Crippen molar-refractivity contribution >= 4 is 23.4 Å². The summed E-state index contributed by atoms with van der Waals surface area (Å²) < 4.78 is 1.89. The lowest BCUT2D eigenvalue weighted by Crippen LogP contribution is -2.48. The molecule has 0 spiro atoms. The molecular formula is C25H26N8O2. The van der Waals surface area contributed by atoms with E-state index in [-0.39, 0.29) is 0 Å². The van der Waals surface area contributed by atoms with Crippen LogP contribution < -0.4 is 10.2 Å². The minimum Gasteiger partial charge on any atom is -0.465 e. The number of piperazine rings is 1. The summed E-state index contributed by atoms with van der Waals surface area (Å²) in [7, 11) is 0. The standard InChI is InChI=1S/C25H26N8O2/c1-2-33-17-21(23(30-33)18-4-3-10-26-16-18)22-9-11-27-24(29-22)28-19-5-7-20(8-6-19)31-12-14-32(15-13-31)25(34)35/h3-11,16-17H,2,12-15H2,1H3,(H,34,35)(H,27,28,29). The molecule has 1 fully saturated rings. The lowest BCUT2D eigenvalue weighted by atomic mass is 10.1. The lowest BCUT2D eigenvalue weighted by molar-refractivity contribution is 0.142. The summed E-state index contributed by atoms with van der Waals surface area (Å²) in [4.78, 5) is 28.1. The Balaban J connectivity index is 1.33. The zero-order valence-electron chi connectivity index (χ0n) is 19.4. The Morgan fingerprint density at radius 1 is 1.06 bits per heavy atom. The Morgan fingerprint density at radius 2 is 1.86 bits per heavy atom. The molecule has 1 amide bonds. The Labute approximate surface area is 202 Å². The summed E-state index contributed by atoms with van der Waals surface area (Å²) in [6.45, 7) is 5.16. The van der Waals surface area contributed by atoms with Crippen LogP contribution in [0.4, 0.5) is 22.1 Å². The summed E-state index contributed by atoms with van der Waals surface area (Å²) in [5, 5.41) is 17.1. The SMILES string of the molecule is CCn1cc(-c2ccnc(Nc3ccc(N4CCN(C(=O)O)CC4)cc3)n2)c(-c2cccnc2)n1. The fourth-order valence-corrected chi connectivity index (χ4v) is 4.10. The number of pyridine rings is 1. The van der Waals surface area contributed by atoms with E-state index in [1.54, 1.807) is 18.6 Å². The van der Waals surface area contributed by atoms with Crippen molar-refractivity contribution in [2.75, 3.05) is 36.4 Å². The number of carboxylic acid groups (broad SMARTS) is 1. The Hall–Kier alpha value is -4.47. The third kappa shape index (κ3) is 4.91. The highest BCUT2D eigenvalue weighted by Gasteiger charge is 2.20. The fraction of sp³-hybridized carbons (Fsp3) is 0.240. The molecule has 0 radical (unpaired) electrons. The average Bonchev–Trinajstić information content (AvgIpc) is 3.35. The minimum absolute atomic E-state index is 0.492. The maximum Gasteiger partial charge on any atom is 0.407 e. The van der Waals surface area contributed by atoms with Crippen LogP contribution in [0.25, 0.3) is 22.5 Å². The molecule has 35 heavy (non-hydrogen) atoms. The van der Waals surface area contributed by atoms with Crippen molar-refractivity contribution in [3.8, 4) is 22.5 Å². The van der Waals surface area contributed by atoms with Gasteiger partial charge in [-0.25, -0.2) is 14.8 Å². The highest BCUT2D eigenvalue weighted by Crippen LogP contribution is 2.30. The molecule has 1 aliphatic rings. The number of carbonyl (C=O) groups is 1. The summed E-state index contributed by atoms with van der Waals surface area (Å²) >= 11 is 0. The Kier molecular flexibility index (Phi) is 6.25. The first-order valence-corrected chi connectivity index (χ1v) is 11.5. The number of aromatic nitrogens is 5. The van der Waals surface area contributed by atoms with Gasteiger partial charge in [-0.3, -0.25) is 9.67 Å². The number of aryl methyl sites for hydroxylation is 1. The third-order valence-electron chi connectivity index (χ3n) is 5.99. The largest absolute Gasteiger partial charge is 0.465 e. The van der Waals surface area contributed by atoms with Crippen molar-refractivity contribution in [1.82, 2.24) is 29.6 Å². The molecule has 0 saturated carbocycles. The van der Waals surface area contributed by atoms with Gasteiger partial charge in [0.2, 0.25) is 5.95 Å². The van der Waals surface area contributed by atoms with Crippen molar-refractivity contribution in [3.63, 3.8) is 0 Å². The van der Waals surface area contributed by atoms with Gasteiger partial charge in [-0.15, -0.1) is 0 Å². The number of hydrogen-bond donors (Lipinski definition) is 2. The lowest BCUT2D eigenvalue weighted by Gasteiger charge is -2.34. The molecule has 1 saturated heterocycles. The van der Waals surface area contributed by atoms with E-state index in [1.807, 2.05) is 60.3 Å². The van der Waals surface area contributed by atoms with E-state index in [9.17, 15) is 4.79 Å². The second-order valence-electron chi connectivity index (χ2n) is 8.18. The van der Waals surface area contributed by atoms with E-state index in [4.69, 9.17) is 15.2 Å². The zero-order valence-corrected chi connectivity index (χ0v) is 19.4. The van der Waals surface area contributed by atoms with E-state index < -0.39 is 6.09 Å². The third-order valence-corrected chi connectivity index (χ3v) is 5.99. The van der Waals surface area contributed by atoms with Crippen LogP contribution in [0.1, 0.15) is 6.92 Å². The minimum atomic E-state index is -0.860. The van der Waals surface area contributed by atoms with Gasteiger partial charge in [-0.1, -0.05) is 0 Å². The van der Waals surface area contributed by atoms with Gasteiger partial charge in [0.25, 0.3) is 0 Å². The summed E-state index contributed by atoms with van der Waals surface area (Å²) in [6, 6.07) is 13.8. The van der Waals surface area contributed by atoms with Crippen molar-refractivity contribution in [2.45, 2.75) is 13.5 Å². The quantitative estimate of drug-likeness (QED) is 0.435. The van der Waals surface area contributed by atoms with Crippen LogP contribution in [0.2, 0.25) is 0 Å². The van der Waals surface area contributed by atoms with Crippen LogP contribution in [-0.4, -0.2) is 67.0 Å². The second kappa shape index (κ2) is 9.80. The second-order valence-corrected chi connectivity index (χ2v) is 8.18. The molecule has 3 aromatic heterocycles. The summed E-state index contributed by atoms with van der Waals surface area (Å²) in [5.41, 5.74) is 5.38. The van der Waals surface area contributed by atoms with Gasteiger partial charge in [0.05, 0.1) is 5.69 Å². The number of anilines is 3. The summed E-state index contributed by atoms with van der Waals surface area (Å²) in [5.74, 6) is 0.492. The van der Waals surface area contributed by atoms with E-state index >= 15 is 0 Å². The number of benzene rings is 1. The van der Waals surface area contributed by atoms with Crippen LogP contribution in [0.5, 0.6) is 0 Å². The van der Waals surface area contributed by atoms with Crippen molar-refractivity contribution in [1.29, 1.82) is 0 Å². The zero-order chi connectivity index (χ0) is 24.2. The van der Waals surface area contributed by atoms with Gasteiger partial charge < -0.3 is 20.2 Å². The molecule has 5 rings (SSSR count). The smallest absolute Gasteiger partial charge is 0.407 e. The normalized spacial score (nSPS) is 13.6. The van der Waals surface area contributed by atoms with E-state index in [2.05, 4.69) is 20.2 Å². The molecule has 2 N–H and O–H groups in total. The van der Waals surface area contributed by atoms with Gasteiger partial charge >= 0.3 is 6.09 Å². The van der Waals surface area contributed by atoms with Crippen molar-refractivity contribution in [3.05, 3.63) is 67.3 Å². The molecule has 10 nitrogen and oxygen atoms in total. The van der Waals surface area contributed by atoms with Crippen LogP contribution >= 0.6 is 0 Å². The molecule has 10 heteroatoms. The number of nitrogens with one attached hydrogen (secondary N) is 1. The Morgan fingerprint density at radius 3 is 2.54 bits per heavy atom. The molecule has 4 heterocycles. The molecule has 0 unspecified atom stereocenters. The molecule has 4 aromatic rings. The molecule has 0 aliphatic carbocycles. The van der Waals surface area contributed by atoms with Gasteiger partial charge in [0.15, 0.2) is 0 Å². The highest BCUT2D eigenvalue weighted by molar-refractivity contribution is 5.78. The van der Waals surface area contributed by atoms with Crippen LogP contribution in [0, 0.1) is 0 Å². The first kappa shape index (κ1) is 22.3. The van der Waals surface area contributed by atoms with Gasteiger partial charge in [0, 0.05) is 80.0 Å². The van der Waals surface area contributed by atoms with Crippen LogP contribution in [-0.2, 0) is 6.54 Å². The number of amides is 1. The molecular weight excluding hydrogens is 444 g/mol. The summed E-state index contributed by atoms with van der Waals surface area (Å²) in [6.07, 6.45) is 6.41. The molecule has 178 valence electrons. The first-order chi connectivity index (χ1) is 17.1. The molecule has 0 atom stereocenters. The van der Waals surface area contributed by atoms with Gasteiger partial charge in [-0.05, 0) is 49.4 Å².